The molecule has 0 bridgehead atoms. The molecule has 0 aliphatic carbocycles. The van der Waals surface area contributed by atoms with Gasteiger partial charge in [0, 0.05) is 11.8 Å². The van der Waals surface area contributed by atoms with E-state index >= 15 is 0 Å². The number of rotatable bonds is 4. The van der Waals surface area contributed by atoms with Gasteiger partial charge in [0.2, 0.25) is 0 Å². The molecule has 3 N–H and O–H groups in total. The quantitative estimate of drug-likeness (QED) is 0.641. The maximum atomic E-state index is 9.58. The van der Waals surface area contributed by atoms with Crippen LogP contribution in [0.1, 0.15) is 23.8 Å². The van der Waals surface area contributed by atoms with Crippen LogP contribution < -0.4 is 0 Å². The van der Waals surface area contributed by atoms with E-state index in [0.717, 1.165) is 0 Å². The molecule has 1 heterocycles. The molecule has 0 saturated carbocycles. The van der Waals surface area contributed by atoms with Gasteiger partial charge in [-0.2, -0.15) is 5.26 Å². The Morgan fingerprint density at radius 3 is 2.60 bits per heavy atom. The highest BCUT2D eigenvalue weighted by molar-refractivity contribution is 5.17. The molecule has 15 heavy (non-hydrogen) atoms. The van der Waals surface area contributed by atoms with Crippen LogP contribution in [0.25, 0.3) is 0 Å². The largest absolute Gasteiger partial charge is 0.390 e. The summed E-state index contributed by atoms with van der Waals surface area (Å²) < 4.78 is 0. The molecule has 1 aromatic rings. The standard InChI is InChI=1S/C10H12N2O3/c11-4-3-9(14)10(15)7-1-2-8(6-13)12-5-7/h1-2,5,9-10,13-15H,3,6H2. The Hall–Kier alpha value is -1.48. The van der Waals surface area contributed by atoms with Crippen molar-refractivity contribution in [3.8, 4) is 6.07 Å². The molecule has 0 aliphatic rings. The SMILES string of the molecule is N#CCC(O)C(O)c1ccc(CO)nc1. The molecule has 0 amide bonds. The number of aliphatic hydroxyl groups excluding tert-OH is 3. The summed E-state index contributed by atoms with van der Waals surface area (Å²) >= 11 is 0. The maximum absolute atomic E-state index is 9.58. The molecule has 1 aromatic heterocycles. The molecular formula is C10H12N2O3. The van der Waals surface area contributed by atoms with Crippen molar-refractivity contribution in [2.75, 3.05) is 0 Å². The molecule has 0 radical (unpaired) electrons. The second-order valence-electron chi connectivity index (χ2n) is 3.12. The van der Waals surface area contributed by atoms with Crippen molar-refractivity contribution in [1.29, 1.82) is 5.26 Å². The van der Waals surface area contributed by atoms with E-state index in [2.05, 4.69) is 4.98 Å². The third-order valence-electron chi connectivity index (χ3n) is 2.02. The average molecular weight is 208 g/mol. The first-order valence-electron chi connectivity index (χ1n) is 4.47. The highest BCUT2D eigenvalue weighted by Gasteiger charge is 2.18. The Morgan fingerprint density at radius 2 is 2.13 bits per heavy atom. The van der Waals surface area contributed by atoms with E-state index in [4.69, 9.17) is 10.4 Å². The van der Waals surface area contributed by atoms with Crippen molar-refractivity contribution in [1.82, 2.24) is 4.98 Å². The lowest BCUT2D eigenvalue weighted by molar-refractivity contribution is 0.0214. The summed E-state index contributed by atoms with van der Waals surface area (Å²) in [5.41, 5.74) is 0.913. The Balaban J connectivity index is 2.74. The van der Waals surface area contributed by atoms with Gasteiger partial charge in [0.05, 0.1) is 30.9 Å². The maximum Gasteiger partial charge on any atom is 0.107 e. The Labute approximate surface area is 87.3 Å². The van der Waals surface area contributed by atoms with Gasteiger partial charge in [-0.05, 0) is 6.07 Å². The van der Waals surface area contributed by atoms with E-state index in [-0.39, 0.29) is 13.0 Å². The predicted octanol–water partition coefficient (Wildman–Crippen LogP) is -0.118. The summed E-state index contributed by atoms with van der Waals surface area (Å²) in [6, 6.07) is 4.88. The van der Waals surface area contributed by atoms with Gasteiger partial charge in [-0.25, -0.2) is 0 Å². The summed E-state index contributed by atoms with van der Waals surface area (Å²) in [4.78, 5) is 3.86. The van der Waals surface area contributed by atoms with Crippen molar-refractivity contribution < 1.29 is 15.3 Å². The number of pyridine rings is 1. The van der Waals surface area contributed by atoms with Crippen LogP contribution in [-0.4, -0.2) is 26.4 Å². The predicted molar refractivity (Wildman–Crippen MR) is 51.4 cm³/mol. The van der Waals surface area contributed by atoms with Crippen LogP contribution >= 0.6 is 0 Å². The zero-order valence-electron chi connectivity index (χ0n) is 8.04. The fourth-order valence-electron chi connectivity index (χ4n) is 1.13. The molecule has 0 spiro atoms. The molecule has 0 aromatic carbocycles. The van der Waals surface area contributed by atoms with Gasteiger partial charge < -0.3 is 15.3 Å². The van der Waals surface area contributed by atoms with E-state index in [1.54, 1.807) is 18.2 Å². The van der Waals surface area contributed by atoms with Crippen molar-refractivity contribution >= 4 is 0 Å². The van der Waals surface area contributed by atoms with Gasteiger partial charge in [-0.3, -0.25) is 4.98 Å². The monoisotopic (exact) mass is 208 g/mol. The van der Waals surface area contributed by atoms with Crippen LogP contribution in [0.15, 0.2) is 18.3 Å². The number of nitriles is 1. The van der Waals surface area contributed by atoms with Gasteiger partial charge in [-0.1, -0.05) is 6.07 Å². The van der Waals surface area contributed by atoms with E-state index in [0.29, 0.717) is 11.3 Å². The molecule has 2 unspecified atom stereocenters. The van der Waals surface area contributed by atoms with Gasteiger partial charge in [0.15, 0.2) is 0 Å². The molecule has 5 nitrogen and oxygen atoms in total. The van der Waals surface area contributed by atoms with Crippen LogP contribution in [0.2, 0.25) is 0 Å². The number of nitrogens with zero attached hydrogens (tertiary/aromatic N) is 2. The average Bonchev–Trinajstić information content (AvgIpc) is 2.28. The summed E-state index contributed by atoms with van der Waals surface area (Å²) in [6.45, 7) is -0.170. The normalized spacial score (nSPS) is 14.3. The zero-order valence-corrected chi connectivity index (χ0v) is 8.04. The smallest absolute Gasteiger partial charge is 0.107 e. The third-order valence-corrected chi connectivity index (χ3v) is 2.02. The summed E-state index contributed by atoms with van der Waals surface area (Å²) in [5.74, 6) is 0. The highest BCUT2D eigenvalue weighted by atomic mass is 16.3. The van der Waals surface area contributed by atoms with E-state index in [1.807, 2.05) is 0 Å². The first-order valence-corrected chi connectivity index (χ1v) is 4.47. The third kappa shape index (κ3) is 2.99. The second-order valence-corrected chi connectivity index (χ2v) is 3.12. The molecular weight excluding hydrogens is 196 g/mol. The summed E-state index contributed by atoms with van der Waals surface area (Å²) in [6.07, 6.45) is -0.999. The van der Waals surface area contributed by atoms with E-state index < -0.39 is 12.2 Å². The van der Waals surface area contributed by atoms with Crippen molar-refractivity contribution in [2.24, 2.45) is 0 Å². The van der Waals surface area contributed by atoms with Crippen LogP contribution in [0.4, 0.5) is 0 Å². The number of hydrogen-bond acceptors (Lipinski definition) is 5. The molecule has 0 aliphatic heterocycles. The number of aliphatic hydroxyl groups is 3. The van der Waals surface area contributed by atoms with Crippen LogP contribution in [0.3, 0.4) is 0 Å². The van der Waals surface area contributed by atoms with Crippen molar-refractivity contribution in [2.45, 2.75) is 25.2 Å². The van der Waals surface area contributed by atoms with Crippen LogP contribution in [0.5, 0.6) is 0 Å². The topological polar surface area (TPSA) is 97.4 Å². The first-order chi connectivity index (χ1) is 7.19. The minimum absolute atomic E-state index is 0.136. The first kappa shape index (κ1) is 11.6. The lowest BCUT2D eigenvalue weighted by Crippen LogP contribution is -2.17. The van der Waals surface area contributed by atoms with E-state index in [1.165, 1.54) is 6.20 Å². The Kier molecular flexibility index (Phi) is 4.18. The molecule has 80 valence electrons. The summed E-state index contributed by atoms with van der Waals surface area (Å²) in [7, 11) is 0. The Bertz CT molecular complexity index is 345. The molecule has 1 rings (SSSR count). The Morgan fingerprint density at radius 1 is 1.40 bits per heavy atom. The fraction of sp³-hybridized carbons (Fsp3) is 0.400. The minimum Gasteiger partial charge on any atom is -0.390 e. The molecule has 2 atom stereocenters. The lowest BCUT2D eigenvalue weighted by atomic mass is 10.0. The zero-order chi connectivity index (χ0) is 11.3. The lowest BCUT2D eigenvalue weighted by Gasteiger charge is -2.15. The van der Waals surface area contributed by atoms with Crippen molar-refractivity contribution in [3.63, 3.8) is 0 Å². The fourth-order valence-corrected chi connectivity index (χ4v) is 1.13. The van der Waals surface area contributed by atoms with Crippen molar-refractivity contribution in [3.05, 3.63) is 29.6 Å². The van der Waals surface area contributed by atoms with Gasteiger partial charge in [-0.15, -0.1) is 0 Å². The van der Waals surface area contributed by atoms with E-state index in [9.17, 15) is 10.2 Å². The van der Waals surface area contributed by atoms with Crippen LogP contribution in [-0.2, 0) is 6.61 Å². The number of hydrogen-bond donors (Lipinski definition) is 3. The van der Waals surface area contributed by atoms with Gasteiger partial charge in [0.25, 0.3) is 0 Å². The van der Waals surface area contributed by atoms with Gasteiger partial charge in [0.1, 0.15) is 6.10 Å². The molecule has 0 saturated heterocycles. The molecule has 5 heteroatoms. The van der Waals surface area contributed by atoms with Gasteiger partial charge >= 0.3 is 0 Å². The summed E-state index contributed by atoms with van der Waals surface area (Å²) in [5, 5.41) is 36.0. The second kappa shape index (κ2) is 5.41. The molecule has 0 fully saturated rings. The van der Waals surface area contributed by atoms with Crippen LogP contribution in [0, 0.1) is 11.3 Å². The number of aromatic nitrogens is 1. The highest BCUT2D eigenvalue weighted by Crippen LogP contribution is 2.17. The minimum atomic E-state index is -1.12.